The summed E-state index contributed by atoms with van der Waals surface area (Å²) in [7, 11) is -3.32. The van der Waals surface area contributed by atoms with Gasteiger partial charge in [0.2, 0.25) is 10.0 Å². The first-order chi connectivity index (χ1) is 9.37. The van der Waals surface area contributed by atoms with Crippen molar-refractivity contribution in [3.63, 3.8) is 0 Å². The maximum atomic E-state index is 12.2. The first-order valence-electron chi connectivity index (χ1n) is 6.35. The third kappa shape index (κ3) is 5.18. The zero-order valence-electron chi connectivity index (χ0n) is 11.7. The molecule has 112 valence electrons. The summed E-state index contributed by atoms with van der Waals surface area (Å²) in [6, 6.07) is 6.26. The van der Waals surface area contributed by atoms with E-state index in [0.717, 1.165) is 6.26 Å². The molecule has 0 aliphatic rings. The van der Waals surface area contributed by atoms with Gasteiger partial charge in [0.1, 0.15) is 0 Å². The first-order valence-corrected chi connectivity index (χ1v) is 8.24. The average molecular weight is 300 g/mol. The number of amides is 1. The van der Waals surface area contributed by atoms with Crippen LogP contribution in [-0.2, 0) is 10.0 Å². The van der Waals surface area contributed by atoms with Gasteiger partial charge in [0.05, 0.1) is 6.26 Å². The third-order valence-electron chi connectivity index (χ3n) is 2.69. The molecule has 6 nitrogen and oxygen atoms in total. The van der Waals surface area contributed by atoms with E-state index in [1.807, 2.05) is 6.92 Å². The minimum Gasteiger partial charge on any atom is -0.396 e. The lowest BCUT2D eigenvalue weighted by atomic mass is 10.2. The van der Waals surface area contributed by atoms with E-state index in [1.165, 1.54) is 0 Å². The molecule has 1 rings (SSSR count). The minimum absolute atomic E-state index is 0.0427. The Labute approximate surface area is 119 Å². The van der Waals surface area contributed by atoms with Gasteiger partial charge in [-0.05, 0) is 37.6 Å². The lowest BCUT2D eigenvalue weighted by Gasteiger charge is -2.20. The van der Waals surface area contributed by atoms with E-state index in [9.17, 15) is 13.2 Å². The van der Waals surface area contributed by atoms with Crippen molar-refractivity contribution in [3.8, 4) is 0 Å². The molecule has 0 bridgehead atoms. The molecule has 0 unspecified atom stereocenters. The molecule has 0 fully saturated rings. The predicted molar refractivity (Wildman–Crippen MR) is 78.2 cm³/mol. The molecule has 0 aliphatic carbocycles. The summed E-state index contributed by atoms with van der Waals surface area (Å²) in [5.41, 5.74) is 0.909. The highest BCUT2D eigenvalue weighted by Crippen LogP contribution is 2.13. The summed E-state index contributed by atoms with van der Waals surface area (Å²) >= 11 is 0. The second-order valence-electron chi connectivity index (χ2n) is 4.41. The van der Waals surface area contributed by atoms with Gasteiger partial charge in [-0.3, -0.25) is 9.52 Å². The number of anilines is 1. The molecule has 0 atom stereocenters. The molecule has 0 aromatic heterocycles. The largest absolute Gasteiger partial charge is 0.396 e. The first kappa shape index (κ1) is 16.5. The van der Waals surface area contributed by atoms with E-state index in [0.29, 0.717) is 30.8 Å². The van der Waals surface area contributed by atoms with Crippen molar-refractivity contribution in [1.29, 1.82) is 0 Å². The normalized spacial score (nSPS) is 11.2. The Morgan fingerprint density at radius 2 is 1.90 bits per heavy atom. The standard InChI is InChI=1S/C13H20N2O4S/c1-3-15(9-4-10-16)13(17)11-5-7-12(8-6-11)14-20(2,18)19/h5-8,14,16H,3-4,9-10H2,1-2H3. The number of hydrogen-bond acceptors (Lipinski definition) is 4. The Kier molecular flexibility index (Phi) is 5.97. The van der Waals surface area contributed by atoms with Crippen molar-refractivity contribution in [2.45, 2.75) is 13.3 Å². The quantitative estimate of drug-likeness (QED) is 0.783. The van der Waals surface area contributed by atoms with Gasteiger partial charge in [0.25, 0.3) is 5.91 Å². The number of aliphatic hydroxyl groups is 1. The molecule has 20 heavy (non-hydrogen) atoms. The number of nitrogens with zero attached hydrogens (tertiary/aromatic N) is 1. The summed E-state index contributed by atoms with van der Waals surface area (Å²) in [4.78, 5) is 13.8. The van der Waals surface area contributed by atoms with Crippen molar-refractivity contribution in [3.05, 3.63) is 29.8 Å². The summed E-state index contributed by atoms with van der Waals surface area (Å²) in [6.45, 7) is 2.97. The minimum atomic E-state index is -3.32. The molecule has 2 N–H and O–H groups in total. The molecule has 0 saturated carbocycles. The third-order valence-corrected chi connectivity index (χ3v) is 3.30. The highest BCUT2D eigenvalue weighted by molar-refractivity contribution is 7.92. The second kappa shape index (κ2) is 7.25. The highest BCUT2D eigenvalue weighted by Gasteiger charge is 2.13. The van der Waals surface area contributed by atoms with Gasteiger partial charge in [-0.15, -0.1) is 0 Å². The van der Waals surface area contributed by atoms with Crippen LogP contribution in [0.15, 0.2) is 24.3 Å². The molecule has 1 aromatic carbocycles. The average Bonchev–Trinajstić information content (AvgIpc) is 2.38. The van der Waals surface area contributed by atoms with Gasteiger partial charge in [-0.25, -0.2) is 8.42 Å². The van der Waals surface area contributed by atoms with Crippen LogP contribution in [0.25, 0.3) is 0 Å². The Morgan fingerprint density at radius 1 is 1.30 bits per heavy atom. The second-order valence-corrected chi connectivity index (χ2v) is 6.16. The van der Waals surface area contributed by atoms with E-state index in [1.54, 1.807) is 29.2 Å². The Morgan fingerprint density at radius 3 is 2.35 bits per heavy atom. The maximum absolute atomic E-state index is 12.2. The van der Waals surface area contributed by atoms with Crippen molar-refractivity contribution in [2.24, 2.45) is 0 Å². The molecule has 0 radical (unpaired) electrons. The number of sulfonamides is 1. The topological polar surface area (TPSA) is 86.7 Å². The molecule has 7 heteroatoms. The lowest BCUT2D eigenvalue weighted by Crippen LogP contribution is -2.32. The maximum Gasteiger partial charge on any atom is 0.253 e. The molecule has 1 amide bonds. The van der Waals surface area contributed by atoms with Crippen LogP contribution < -0.4 is 4.72 Å². The molecule has 0 spiro atoms. The van der Waals surface area contributed by atoms with Crippen LogP contribution in [0.4, 0.5) is 5.69 Å². The molecule has 0 aliphatic heterocycles. The van der Waals surface area contributed by atoms with Crippen molar-refractivity contribution in [1.82, 2.24) is 4.90 Å². The van der Waals surface area contributed by atoms with E-state index >= 15 is 0 Å². The van der Waals surface area contributed by atoms with Gasteiger partial charge in [-0.2, -0.15) is 0 Å². The number of nitrogens with one attached hydrogen (secondary N) is 1. The Hall–Kier alpha value is -1.60. The highest BCUT2D eigenvalue weighted by atomic mass is 32.2. The molecule has 0 saturated heterocycles. The number of benzene rings is 1. The molecular formula is C13H20N2O4S. The summed E-state index contributed by atoms with van der Waals surface area (Å²) in [6.07, 6.45) is 1.60. The van der Waals surface area contributed by atoms with E-state index < -0.39 is 10.0 Å². The fourth-order valence-electron chi connectivity index (χ4n) is 1.74. The fourth-order valence-corrected chi connectivity index (χ4v) is 2.31. The molecule has 0 heterocycles. The van der Waals surface area contributed by atoms with Crippen LogP contribution in [0.1, 0.15) is 23.7 Å². The van der Waals surface area contributed by atoms with E-state index in [2.05, 4.69) is 4.72 Å². The van der Waals surface area contributed by atoms with Crippen LogP contribution in [0, 0.1) is 0 Å². The zero-order valence-corrected chi connectivity index (χ0v) is 12.5. The molecule has 1 aromatic rings. The SMILES string of the molecule is CCN(CCCO)C(=O)c1ccc(NS(C)(=O)=O)cc1. The lowest BCUT2D eigenvalue weighted by molar-refractivity contribution is 0.0754. The summed E-state index contributed by atoms with van der Waals surface area (Å²) in [5.74, 6) is -0.133. The fraction of sp³-hybridized carbons (Fsp3) is 0.462. The zero-order chi connectivity index (χ0) is 15.2. The monoisotopic (exact) mass is 300 g/mol. The van der Waals surface area contributed by atoms with Gasteiger partial charge < -0.3 is 10.0 Å². The van der Waals surface area contributed by atoms with Crippen LogP contribution in [0.5, 0.6) is 0 Å². The van der Waals surface area contributed by atoms with Gasteiger partial charge in [0, 0.05) is 30.9 Å². The van der Waals surface area contributed by atoms with Crippen LogP contribution in [0.3, 0.4) is 0 Å². The Bertz CT molecular complexity index is 540. The number of carbonyl (C=O) groups is 1. The van der Waals surface area contributed by atoms with Crippen molar-refractivity contribution in [2.75, 3.05) is 30.7 Å². The number of aliphatic hydroxyl groups excluding tert-OH is 1. The number of hydrogen-bond donors (Lipinski definition) is 2. The van der Waals surface area contributed by atoms with Crippen LogP contribution >= 0.6 is 0 Å². The van der Waals surface area contributed by atoms with Gasteiger partial charge in [0.15, 0.2) is 0 Å². The van der Waals surface area contributed by atoms with E-state index in [-0.39, 0.29) is 12.5 Å². The van der Waals surface area contributed by atoms with Gasteiger partial charge >= 0.3 is 0 Å². The summed E-state index contributed by atoms with van der Waals surface area (Å²) < 4.78 is 24.5. The van der Waals surface area contributed by atoms with E-state index in [4.69, 9.17) is 5.11 Å². The summed E-state index contributed by atoms with van der Waals surface area (Å²) in [5, 5.41) is 8.80. The van der Waals surface area contributed by atoms with Crippen LogP contribution in [-0.4, -0.2) is 50.3 Å². The van der Waals surface area contributed by atoms with Gasteiger partial charge in [-0.1, -0.05) is 0 Å². The van der Waals surface area contributed by atoms with Crippen LogP contribution in [0.2, 0.25) is 0 Å². The van der Waals surface area contributed by atoms with Crippen molar-refractivity contribution >= 4 is 21.6 Å². The smallest absolute Gasteiger partial charge is 0.253 e. The Balaban J connectivity index is 2.79. The number of rotatable bonds is 7. The number of carbonyl (C=O) groups excluding carboxylic acids is 1. The molecular weight excluding hydrogens is 280 g/mol. The van der Waals surface area contributed by atoms with Crippen molar-refractivity contribution < 1.29 is 18.3 Å². The predicted octanol–water partition coefficient (Wildman–Crippen LogP) is 0.903.